The van der Waals surface area contributed by atoms with E-state index in [4.69, 9.17) is 8.83 Å². The van der Waals surface area contributed by atoms with Crippen molar-refractivity contribution in [2.45, 2.75) is 6.42 Å². The highest BCUT2D eigenvalue weighted by Crippen LogP contribution is 2.18. The zero-order valence-electron chi connectivity index (χ0n) is 15.3. The predicted molar refractivity (Wildman–Crippen MR) is 96.9 cm³/mol. The maximum Gasteiger partial charge on any atom is 0.411 e. The highest BCUT2D eigenvalue weighted by molar-refractivity contribution is 6.04. The Balaban J connectivity index is 1.86. The second-order valence-electron chi connectivity index (χ2n) is 5.88. The second-order valence-corrected chi connectivity index (χ2v) is 5.88. The number of nitrogens with zero attached hydrogens (tertiary/aromatic N) is 1. The van der Waals surface area contributed by atoms with Crippen LogP contribution in [0.5, 0.6) is 0 Å². The van der Waals surface area contributed by atoms with Crippen molar-refractivity contribution in [3.63, 3.8) is 0 Å². The third-order valence-electron chi connectivity index (χ3n) is 3.40. The number of hydrogen-bond donors (Lipinski definition) is 3. The van der Waals surface area contributed by atoms with E-state index >= 15 is 0 Å². The van der Waals surface area contributed by atoms with E-state index < -0.39 is 12.0 Å². The molecule has 0 saturated carbocycles. The smallest absolute Gasteiger partial charge is 0.411 e. The van der Waals surface area contributed by atoms with Gasteiger partial charge in [-0.1, -0.05) is 0 Å². The van der Waals surface area contributed by atoms with Gasteiger partial charge < -0.3 is 29.1 Å². The molecule has 0 aliphatic rings. The van der Waals surface area contributed by atoms with E-state index in [2.05, 4.69) is 20.7 Å². The molecular weight excluding hydrogens is 356 g/mol. The standard InChI is InChI=1S/C17H22N4O6/c1-21(2)6-4-5-18-15(22)13-7-11(9-26-13)19-16(23)14-8-12(10-27-14)20-17(24)25-3/h7-10H,4-6H2,1-3H3,(H,18,22)(H,19,23)(H,20,24). The van der Waals surface area contributed by atoms with Gasteiger partial charge in [-0.3, -0.25) is 14.9 Å². The van der Waals surface area contributed by atoms with E-state index in [0.717, 1.165) is 13.0 Å². The molecule has 0 saturated heterocycles. The maximum absolute atomic E-state index is 12.1. The Morgan fingerprint density at radius 3 is 2.19 bits per heavy atom. The first-order chi connectivity index (χ1) is 12.9. The Morgan fingerprint density at radius 1 is 1.00 bits per heavy atom. The van der Waals surface area contributed by atoms with Crippen LogP contribution in [0, 0.1) is 0 Å². The first-order valence-electron chi connectivity index (χ1n) is 8.15. The van der Waals surface area contributed by atoms with Crippen LogP contribution in [0.4, 0.5) is 16.2 Å². The summed E-state index contributed by atoms with van der Waals surface area (Å²) in [5.74, 6) is -0.872. The van der Waals surface area contributed by atoms with Gasteiger partial charge in [0.2, 0.25) is 0 Å². The SMILES string of the molecule is COC(=O)Nc1coc(C(=O)Nc2coc(C(=O)NCCCN(C)C)c2)c1. The number of carbonyl (C=O) groups is 3. The minimum absolute atomic E-state index is 0.0303. The summed E-state index contributed by atoms with van der Waals surface area (Å²) in [7, 11) is 5.13. The van der Waals surface area contributed by atoms with Gasteiger partial charge in [-0.05, 0) is 27.1 Å². The molecule has 2 aromatic rings. The van der Waals surface area contributed by atoms with Crippen molar-refractivity contribution in [3.8, 4) is 0 Å². The van der Waals surface area contributed by atoms with E-state index in [0.29, 0.717) is 12.2 Å². The Hall–Kier alpha value is -3.27. The maximum atomic E-state index is 12.1. The minimum atomic E-state index is -0.682. The van der Waals surface area contributed by atoms with Gasteiger partial charge in [0.05, 0.1) is 18.5 Å². The lowest BCUT2D eigenvalue weighted by molar-refractivity contribution is 0.0924. The van der Waals surface area contributed by atoms with Crippen LogP contribution < -0.4 is 16.0 Å². The number of carbonyl (C=O) groups excluding carboxylic acids is 3. The number of anilines is 2. The molecule has 0 aliphatic heterocycles. The molecule has 0 aliphatic carbocycles. The number of furan rings is 2. The molecule has 0 atom stereocenters. The Labute approximate surface area is 155 Å². The summed E-state index contributed by atoms with van der Waals surface area (Å²) in [4.78, 5) is 37.3. The minimum Gasteiger partial charge on any atom is -0.457 e. The van der Waals surface area contributed by atoms with Crippen LogP contribution in [0.1, 0.15) is 27.5 Å². The fraction of sp³-hybridized carbons (Fsp3) is 0.353. The molecular formula is C17H22N4O6. The Kier molecular flexibility index (Phi) is 7.00. The monoisotopic (exact) mass is 378 g/mol. The normalized spacial score (nSPS) is 10.5. The van der Waals surface area contributed by atoms with Crippen molar-refractivity contribution in [2.75, 3.05) is 44.9 Å². The van der Waals surface area contributed by atoms with E-state index in [-0.39, 0.29) is 23.1 Å². The number of methoxy groups -OCH3 is 1. The first kappa shape index (κ1) is 20.0. The quantitative estimate of drug-likeness (QED) is 0.600. The molecule has 27 heavy (non-hydrogen) atoms. The van der Waals surface area contributed by atoms with Crippen molar-refractivity contribution >= 4 is 29.3 Å². The summed E-state index contributed by atoms with van der Waals surface area (Å²) in [6, 6.07) is 2.75. The van der Waals surface area contributed by atoms with Crippen molar-refractivity contribution in [3.05, 3.63) is 36.2 Å². The fourth-order valence-corrected chi connectivity index (χ4v) is 2.09. The molecule has 0 unspecified atom stereocenters. The number of hydrogen-bond acceptors (Lipinski definition) is 7. The van der Waals surface area contributed by atoms with Gasteiger partial charge in [-0.15, -0.1) is 0 Å². The zero-order valence-corrected chi connectivity index (χ0v) is 15.3. The summed E-state index contributed by atoms with van der Waals surface area (Å²) in [5, 5.41) is 7.65. The van der Waals surface area contributed by atoms with Crippen LogP contribution in [-0.4, -0.2) is 57.1 Å². The number of rotatable bonds is 8. The van der Waals surface area contributed by atoms with E-state index in [1.54, 1.807) is 0 Å². The van der Waals surface area contributed by atoms with Crippen molar-refractivity contribution in [1.29, 1.82) is 0 Å². The topological polar surface area (TPSA) is 126 Å². The van der Waals surface area contributed by atoms with Gasteiger partial charge in [0.25, 0.3) is 11.8 Å². The summed E-state index contributed by atoms with van der Waals surface area (Å²) in [5.41, 5.74) is 0.578. The Bertz CT molecular complexity index is 795. The van der Waals surface area contributed by atoms with Crippen LogP contribution in [0.15, 0.2) is 33.5 Å². The molecule has 10 heteroatoms. The molecule has 0 spiro atoms. The molecule has 0 radical (unpaired) electrons. The lowest BCUT2D eigenvalue weighted by Crippen LogP contribution is -2.26. The van der Waals surface area contributed by atoms with Gasteiger partial charge >= 0.3 is 6.09 Å². The van der Waals surface area contributed by atoms with Crippen LogP contribution >= 0.6 is 0 Å². The van der Waals surface area contributed by atoms with Crippen LogP contribution in [0.25, 0.3) is 0 Å². The lowest BCUT2D eigenvalue weighted by Gasteiger charge is -2.08. The molecule has 2 heterocycles. The van der Waals surface area contributed by atoms with Gasteiger partial charge in [0.1, 0.15) is 12.5 Å². The van der Waals surface area contributed by atoms with Crippen LogP contribution in [0.3, 0.4) is 0 Å². The van der Waals surface area contributed by atoms with Crippen LogP contribution in [0.2, 0.25) is 0 Å². The van der Waals surface area contributed by atoms with Gasteiger partial charge in [0.15, 0.2) is 11.5 Å². The van der Waals surface area contributed by atoms with Crippen molar-refractivity contribution < 1.29 is 28.0 Å². The molecule has 0 aromatic carbocycles. The highest BCUT2D eigenvalue weighted by atomic mass is 16.5. The molecule has 2 rings (SSSR count). The highest BCUT2D eigenvalue weighted by Gasteiger charge is 2.16. The number of ether oxygens (including phenoxy) is 1. The van der Waals surface area contributed by atoms with E-state index in [9.17, 15) is 14.4 Å². The van der Waals surface area contributed by atoms with Crippen molar-refractivity contribution in [1.82, 2.24) is 10.2 Å². The average Bonchev–Trinajstić information content (AvgIpc) is 3.28. The lowest BCUT2D eigenvalue weighted by atomic mass is 10.3. The molecule has 3 amide bonds. The molecule has 0 bridgehead atoms. The summed E-state index contributed by atoms with van der Waals surface area (Å²) < 4.78 is 14.7. The van der Waals surface area contributed by atoms with Gasteiger partial charge in [-0.2, -0.15) is 0 Å². The largest absolute Gasteiger partial charge is 0.457 e. The average molecular weight is 378 g/mol. The summed E-state index contributed by atoms with van der Waals surface area (Å²) in [6.45, 7) is 1.37. The third-order valence-corrected chi connectivity index (χ3v) is 3.40. The van der Waals surface area contributed by atoms with Crippen LogP contribution in [-0.2, 0) is 4.74 Å². The molecule has 146 valence electrons. The number of amides is 3. The van der Waals surface area contributed by atoms with Gasteiger partial charge in [0, 0.05) is 18.7 Å². The molecule has 0 fully saturated rings. The van der Waals surface area contributed by atoms with E-state index in [1.165, 1.54) is 31.8 Å². The van der Waals surface area contributed by atoms with Crippen molar-refractivity contribution in [2.24, 2.45) is 0 Å². The van der Waals surface area contributed by atoms with E-state index in [1.807, 2.05) is 19.0 Å². The zero-order chi connectivity index (χ0) is 19.8. The summed E-state index contributed by atoms with van der Waals surface area (Å²) >= 11 is 0. The second kappa shape index (κ2) is 9.43. The first-order valence-corrected chi connectivity index (χ1v) is 8.15. The van der Waals surface area contributed by atoms with Gasteiger partial charge in [-0.25, -0.2) is 4.79 Å². The Morgan fingerprint density at radius 2 is 1.59 bits per heavy atom. The third kappa shape index (κ3) is 6.19. The molecule has 10 nitrogen and oxygen atoms in total. The summed E-state index contributed by atoms with van der Waals surface area (Å²) in [6.07, 6.45) is 2.58. The fourth-order valence-electron chi connectivity index (χ4n) is 2.09. The molecule has 2 aromatic heterocycles. The predicted octanol–water partition coefficient (Wildman–Crippen LogP) is 1.98. The molecule has 3 N–H and O–H groups in total. The number of nitrogens with one attached hydrogen (secondary N) is 3.